The van der Waals surface area contributed by atoms with Crippen LogP contribution < -0.4 is 5.32 Å². The first-order valence-corrected chi connectivity index (χ1v) is 16.6. The molecule has 0 spiro atoms. The Balaban J connectivity index is 4.49. The maximum atomic E-state index is 12.4. The Morgan fingerprint density at radius 3 is 1.95 bits per heavy atom. The van der Waals surface area contributed by atoms with Gasteiger partial charge in [-0.25, -0.2) is 4.57 Å². The molecule has 0 aliphatic carbocycles. The van der Waals surface area contributed by atoms with Gasteiger partial charge in [0.2, 0.25) is 5.91 Å². The third-order valence-electron chi connectivity index (χ3n) is 6.51. The Bertz CT molecular complexity index is 653. The molecule has 0 rings (SSSR count). The molecule has 0 bridgehead atoms. The van der Waals surface area contributed by atoms with Gasteiger partial charge in [-0.2, -0.15) is 0 Å². The summed E-state index contributed by atoms with van der Waals surface area (Å²) in [4.78, 5) is 22.4. The van der Waals surface area contributed by atoms with E-state index < -0.39 is 20.0 Å². The molecule has 8 nitrogen and oxygen atoms in total. The van der Waals surface area contributed by atoms with E-state index in [2.05, 4.69) is 19.2 Å². The minimum Gasteiger partial charge on any atom is -0.387 e. The molecule has 0 saturated heterocycles. The Labute approximate surface area is 233 Å². The van der Waals surface area contributed by atoms with Crippen LogP contribution in [-0.4, -0.2) is 73.4 Å². The summed E-state index contributed by atoms with van der Waals surface area (Å²) in [5.74, 6) is -0.205. The van der Waals surface area contributed by atoms with E-state index in [0.717, 1.165) is 38.5 Å². The van der Waals surface area contributed by atoms with Gasteiger partial charge in [-0.3, -0.25) is 13.8 Å². The molecule has 0 heterocycles. The molecule has 0 radical (unpaired) electrons. The highest BCUT2D eigenvalue weighted by Crippen LogP contribution is 2.43. The number of aliphatic hydroxyl groups is 1. The number of nitrogens with one attached hydrogen (secondary N) is 1. The summed E-state index contributed by atoms with van der Waals surface area (Å²) < 4.78 is 23.1. The third-order valence-corrected chi connectivity index (χ3v) is 7.49. The minimum absolute atomic E-state index is 0.0622. The van der Waals surface area contributed by atoms with Crippen molar-refractivity contribution in [2.75, 3.05) is 40.9 Å². The summed E-state index contributed by atoms with van der Waals surface area (Å²) in [5, 5.41) is 13.5. The highest BCUT2D eigenvalue weighted by molar-refractivity contribution is 7.47. The lowest BCUT2D eigenvalue weighted by Crippen LogP contribution is -2.45. The summed E-state index contributed by atoms with van der Waals surface area (Å²) in [6.07, 6.45) is 20.6. The number of quaternary nitrogens is 1. The lowest BCUT2D eigenvalue weighted by Gasteiger charge is -2.25. The zero-order valence-corrected chi connectivity index (χ0v) is 26.1. The SMILES string of the molecule is CCCCCCCCCCCCC/C=C/[C@@H](O)[C@H](COP(=O)(O)OCC[N+](C)(C)C)NC(=O)CCCCC. The number of unbranched alkanes of at least 4 members (excludes halogenated alkanes) is 13. The first-order valence-electron chi connectivity index (χ1n) is 15.1. The molecular formula is C29H60N2O6P+. The number of likely N-dealkylation sites (N-methyl/N-ethyl adjacent to an activating group) is 1. The van der Waals surface area contributed by atoms with Crippen molar-refractivity contribution >= 4 is 13.7 Å². The van der Waals surface area contributed by atoms with Crippen molar-refractivity contribution in [3.63, 3.8) is 0 Å². The number of hydrogen-bond donors (Lipinski definition) is 3. The number of phosphoric acid groups is 1. The maximum Gasteiger partial charge on any atom is 0.472 e. The quantitative estimate of drug-likeness (QED) is 0.0480. The summed E-state index contributed by atoms with van der Waals surface area (Å²) >= 11 is 0. The Morgan fingerprint density at radius 1 is 0.868 bits per heavy atom. The predicted molar refractivity (Wildman–Crippen MR) is 157 cm³/mol. The molecule has 0 aromatic heterocycles. The molecule has 3 atom stereocenters. The van der Waals surface area contributed by atoms with Crippen LogP contribution in [0.3, 0.4) is 0 Å². The monoisotopic (exact) mass is 563 g/mol. The van der Waals surface area contributed by atoms with Crippen molar-refractivity contribution in [1.29, 1.82) is 0 Å². The van der Waals surface area contributed by atoms with Crippen LogP contribution >= 0.6 is 7.82 Å². The number of phosphoric ester groups is 1. The van der Waals surface area contributed by atoms with Gasteiger partial charge in [-0.15, -0.1) is 0 Å². The predicted octanol–water partition coefficient (Wildman–Crippen LogP) is 6.51. The molecule has 0 fully saturated rings. The zero-order valence-electron chi connectivity index (χ0n) is 25.2. The molecule has 0 aliphatic rings. The number of rotatable bonds is 26. The number of nitrogens with zero attached hydrogens (tertiary/aromatic N) is 1. The van der Waals surface area contributed by atoms with Crippen LogP contribution in [0, 0.1) is 0 Å². The Kier molecular flexibility index (Phi) is 22.5. The van der Waals surface area contributed by atoms with Crippen molar-refractivity contribution in [2.24, 2.45) is 0 Å². The number of aliphatic hydroxyl groups excluding tert-OH is 1. The van der Waals surface area contributed by atoms with Crippen molar-refractivity contribution in [3.8, 4) is 0 Å². The first kappa shape index (κ1) is 37.2. The lowest BCUT2D eigenvalue weighted by molar-refractivity contribution is -0.870. The van der Waals surface area contributed by atoms with Gasteiger partial charge in [0, 0.05) is 6.42 Å². The lowest BCUT2D eigenvalue weighted by atomic mass is 10.0. The average molecular weight is 564 g/mol. The molecule has 38 heavy (non-hydrogen) atoms. The second-order valence-electron chi connectivity index (χ2n) is 11.5. The third kappa shape index (κ3) is 24.3. The average Bonchev–Trinajstić information content (AvgIpc) is 2.83. The number of carbonyl (C=O) groups excluding carboxylic acids is 1. The molecule has 0 aliphatic heterocycles. The second-order valence-corrected chi connectivity index (χ2v) is 12.9. The zero-order chi connectivity index (χ0) is 28.7. The summed E-state index contributed by atoms with van der Waals surface area (Å²) in [7, 11) is 1.56. The number of carbonyl (C=O) groups is 1. The molecule has 3 N–H and O–H groups in total. The molecule has 9 heteroatoms. The molecular weight excluding hydrogens is 503 g/mol. The van der Waals surface area contributed by atoms with Crippen molar-refractivity contribution < 1.29 is 32.9 Å². The Hall–Kier alpha value is -0.760. The van der Waals surface area contributed by atoms with Gasteiger partial charge in [-0.05, 0) is 19.3 Å². The van der Waals surface area contributed by atoms with Gasteiger partial charge >= 0.3 is 7.82 Å². The molecule has 0 aromatic rings. The van der Waals surface area contributed by atoms with Crippen LogP contribution in [0.25, 0.3) is 0 Å². The van der Waals surface area contributed by atoms with Crippen LogP contribution in [0.2, 0.25) is 0 Å². The van der Waals surface area contributed by atoms with Gasteiger partial charge < -0.3 is 19.8 Å². The van der Waals surface area contributed by atoms with Crippen molar-refractivity contribution in [2.45, 2.75) is 129 Å². The van der Waals surface area contributed by atoms with Crippen LogP contribution in [0.5, 0.6) is 0 Å². The fourth-order valence-electron chi connectivity index (χ4n) is 3.98. The van der Waals surface area contributed by atoms with Gasteiger partial charge in [0.05, 0.1) is 39.9 Å². The van der Waals surface area contributed by atoms with Crippen molar-refractivity contribution in [3.05, 3.63) is 12.2 Å². The molecule has 0 saturated carbocycles. The van der Waals surface area contributed by atoms with Crippen LogP contribution in [-0.2, 0) is 18.4 Å². The van der Waals surface area contributed by atoms with E-state index in [-0.39, 0.29) is 19.1 Å². The van der Waals surface area contributed by atoms with Gasteiger partial charge in [0.1, 0.15) is 13.2 Å². The first-order chi connectivity index (χ1) is 18.0. The normalized spacial score (nSPS) is 15.4. The number of amides is 1. The Morgan fingerprint density at radius 2 is 1.39 bits per heavy atom. The second kappa shape index (κ2) is 23.0. The van der Waals surface area contributed by atoms with E-state index in [1.807, 2.05) is 27.2 Å². The summed E-state index contributed by atoms with van der Waals surface area (Å²) in [6, 6.07) is -0.833. The van der Waals surface area contributed by atoms with Crippen LogP contribution in [0.4, 0.5) is 0 Å². The van der Waals surface area contributed by atoms with Crippen LogP contribution in [0.1, 0.15) is 117 Å². The van der Waals surface area contributed by atoms with Crippen molar-refractivity contribution in [1.82, 2.24) is 5.32 Å². The van der Waals surface area contributed by atoms with E-state index in [1.54, 1.807) is 6.08 Å². The fraction of sp³-hybridized carbons (Fsp3) is 0.897. The van der Waals surface area contributed by atoms with Gasteiger partial charge in [0.15, 0.2) is 0 Å². The largest absolute Gasteiger partial charge is 0.472 e. The minimum atomic E-state index is -4.30. The molecule has 1 amide bonds. The van der Waals surface area contributed by atoms with E-state index in [1.165, 1.54) is 57.8 Å². The molecule has 0 aromatic carbocycles. The van der Waals surface area contributed by atoms with Gasteiger partial charge in [0.25, 0.3) is 0 Å². The number of allylic oxidation sites excluding steroid dienone is 1. The smallest absolute Gasteiger partial charge is 0.387 e. The number of hydrogen-bond acceptors (Lipinski definition) is 5. The highest BCUT2D eigenvalue weighted by Gasteiger charge is 2.27. The maximum absolute atomic E-state index is 12.4. The van der Waals surface area contributed by atoms with E-state index in [4.69, 9.17) is 9.05 Å². The van der Waals surface area contributed by atoms with E-state index in [0.29, 0.717) is 17.4 Å². The molecule has 226 valence electrons. The van der Waals surface area contributed by atoms with E-state index >= 15 is 0 Å². The highest BCUT2D eigenvalue weighted by atomic mass is 31.2. The standard InChI is InChI=1S/C29H59N2O6P/c1-6-8-10-11-12-13-14-15-16-17-18-19-21-22-28(32)27(30-29(33)23-20-9-7-2)26-37-38(34,35)36-25-24-31(3,4)5/h21-22,27-28,32H,6-20,23-26H2,1-5H3,(H-,30,33,34,35)/p+1/b22-21+/t27-,28+/m0/s1. The molecule has 1 unspecified atom stereocenters. The summed E-state index contributed by atoms with van der Waals surface area (Å²) in [5.41, 5.74) is 0. The summed E-state index contributed by atoms with van der Waals surface area (Å²) in [6.45, 7) is 4.59. The topological polar surface area (TPSA) is 105 Å². The fourth-order valence-corrected chi connectivity index (χ4v) is 4.71. The van der Waals surface area contributed by atoms with Crippen LogP contribution in [0.15, 0.2) is 12.2 Å². The van der Waals surface area contributed by atoms with E-state index in [9.17, 15) is 19.4 Å². The van der Waals surface area contributed by atoms with Gasteiger partial charge in [-0.1, -0.05) is 103 Å².